The molecule has 13 heteroatoms. The number of hydrogen-bond acceptors (Lipinski definition) is 7. The second kappa shape index (κ2) is 12.7. The standard InChI is InChI=1S/C21H26N6O7/c22-14(7-13-9-23-11-25-13)19(31)27-15(6-12-4-2-1-3-5-12)20(32)24-10-17(28)26-16(21(33)34)8-18(29)30/h1-5,9,11,14-16H,6-8,10,22H2,(H,23,25)(H,24,32)(H,26,28)(H,27,31)(H,29,30)(H,33,34). The van der Waals surface area contributed by atoms with E-state index in [0.717, 1.165) is 5.56 Å². The van der Waals surface area contributed by atoms with Crippen molar-refractivity contribution in [2.24, 2.45) is 5.73 Å². The van der Waals surface area contributed by atoms with Gasteiger partial charge in [0.1, 0.15) is 12.1 Å². The predicted octanol–water partition coefficient (Wildman–Crippen LogP) is -1.83. The Bertz CT molecular complexity index is 996. The maximum absolute atomic E-state index is 12.8. The van der Waals surface area contributed by atoms with E-state index in [1.165, 1.54) is 12.5 Å². The molecule has 0 saturated heterocycles. The Labute approximate surface area is 194 Å². The van der Waals surface area contributed by atoms with E-state index in [2.05, 4.69) is 20.6 Å². The van der Waals surface area contributed by atoms with Crippen LogP contribution in [0.1, 0.15) is 17.7 Å². The summed E-state index contributed by atoms with van der Waals surface area (Å²) in [5.41, 5.74) is 7.31. The van der Waals surface area contributed by atoms with E-state index in [4.69, 9.17) is 15.9 Å². The first-order valence-electron chi connectivity index (χ1n) is 10.2. The van der Waals surface area contributed by atoms with Crippen LogP contribution in [0.4, 0.5) is 0 Å². The largest absolute Gasteiger partial charge is 0.481 e. The molecule has 0 spiro atoms. The number of aliphatic carboxylic acids is 2. The van der Waals surface area contributed by atoms with Gasteiger partial charge in [-0.1, -0.05) is 30.3 Å². The summed E-state index contributed by atoms with van der Waals surface area (Å²) in [4.78, 5) is 65.9. The van der Waals surface area contributed by atoms with Crippen molar-refractivity contribution in [3.05, 3.63) is 54.1 Å². The fourth-order valence-electron chi connectivity index (χ4n) is 2.97. The molecule has 3 amide bonds. The van der Waals surface area contributed by atoms with Gasteiger partial charge in [-0.3, -0.25) is 19.2 Å². The molecule has 2 aromatic rings. The molecule has 0 fully saturated rings. The first-order chi connectivity index (χ1) is 16.2. The highest BCUT2D eigenvalue weighted by Crippen LogP contribution is 2.05. The number of nitrogens with zero attached hydrogens (tertiary/aromatic N) is 1. The van der Waals surface area contributed by atoms with Crippen molar-refractivity contribution < 1.29 is 34.2 Å². The highest BCUT2D eigenvalue weighted by molar-refractivity contribution is 5.93. The molecule has 13 nitrogen and oxygen atoms in total. The van der Waals surface area contributed by atoms with E-state index in [-0.39, 0.29) is 12.8 Å². The summed E-state index contributed by atoms with van der Waals surface area (Å²) in [6.07, 6.45) is 2.41. The number of aromatic amines is 1. The van der Waals surface area contributed by atoms with Gasteiger partial charge in [0.25, 0.3) is 0 Å². The summed E-state index contributed by atoms with van der Waals surface area (Å²) < 4.78 is 0. The van der Waals surface area contributed by atoms with Crippen molar-refractivity contribution in [1.82, 2.24) is 25.9 Å². The van der Waals surface area contributed by atoms with Crippen molar-refractivity contribution in [3.8, 4) is 0 Å². The normalized spacial score (nSPS) is 13.2. The van der Waals surface area contributed by atoms with Crippen LogP contribution in [0.5, 0.6) is 0 Å². The van der Waals surface area contributed by atoms with Crippen molar-refractivity contribution >= 4 is 29.7 Å². The quantitative estimate of drug-likeness (QED) is 0.173. The Kier molecular flexibility index (Phi) is 9.71. The van der Waals surface area contributed by atoms with E-state index < -0.39 is 60.8 Å². The molecule has 0 aliphatic rings. The Balaban J connectivity index is 2.00. The lowest BCUT2D eigenvalue weighted by Gasteiger charge is -2.21. The summed E-state index contributed by atoms with van der Waals surface area (Å²) in [6, 6.07) is 5.13. The number of carbonyl (C=O) groups is 5. The average molecular weight is 474 g/mol. The van der Waals surface area contributed by atoms with E-state index in [9.17, 15) is 24.0 Å². The predicted molar refractivity (Wildman–Crippen MR) is 117 cm³/mol. The van der Waals surface area contributed by atoms with Crippen LogP contribution in [0.25, 0.3) is 0 Å². The van der Waals surface area contributed by atoms with E-state index >= 15 is 0 Å². The van der Waals surface area contributed by atoms with E-state index in [0.29, 0.717) is 5.69 Å². The number of rotatable bonds is 13. The number of hydrogen-bond donors (Lipinski definition) is 7. The zero-order chi connectivity index (χ0) is 25.1. The number of benzene rings is 1. The van der Waals surface area contributed by atoms with Crippen LogP contribution >= 0.6 is 0 Å². The van der Waals surface area contributed by atoms with Crippen LogP contribution in [0, 0.1) is 0 Å². The van der Waals surface area contributed by atoms with Crippen LogP contribution in [-0.2, 0) is 36.8 Å². The summed E-state index contributed by atoms with van der Waals surface area (Å²) in [7, 11) is 0. The third kappa shape index (κ3) is 8.70. The first kappa shape index (κ1) is 26.0. The molecule has 182 valence electrons. The summed E-state index contributed by atoms with van der Waals surface area (Å²) in [6.45, 7) is -0.621. The average Bonchev–Trinajstić information content (AvgIpc) is 3.29. The van der Waals surface area contributed by atoms with Crippen molar-refractivity contribution in [2.45, 2.75) is 37.4 Å². The second-order valence-electron chi connectivity index (χ2n) is 7.41. The molecule has 0 aliphatic heterocycles. The molecule has 0 bridgehead atoms. The molecular weight excluding hydrogens is 448 g/mol. The van der Waals surface area contributed by atoms with Gasteiger partial charge in [-0.05, 0) is 5.56 Å². The van der Waals surface area contributed by atoms with Gasteiger partial charge in [0, 0.05) is 24.7 Å². The van der Waals surface area contributed by atoms with Crippen molar-refractivity contribution in [2.75, 3.05) is 6.54 Å². The topological polar surface area (TPSA) is 217 Å². The zero-order valence-electron chi connectivity index (χ0n) is 18.1. The Morgan fingerprint density at radius 2 is 1.68 bits per heavy atom. The zero-order valence-corrected chi connectivity index (χ0v) is 18.1. The van der Waals surface area contributed by atoms with E-state index in [1.807, 2.05) is 5.32 Å². The third-order valence-corrected chi connectivity index (χ3v) is 4.68. The Hall–Kier alpha value is -4.26. The Morgan fingerprint density at radius 1 is 0.971 bits per heavy atom. The molecule has 0 radical (unpaired) electrons. The van der Waals surface area contributed by atoms with Gasteiger partial charge in [0.2, 0.25) is 17.7 Å². The number of carbonyl (C=O) groups excluding carboxylic acids is 3. The maximum Gasteiger partial charge on any atom is 0.326 e. The number of nitrogens with two attached hydrogens (primary N) is 1. The molecule has 1 aromatic heterocycles. The smallest absolute Gasteiger partial charge is 0.326 e. The molecule has 34 heavy (non-hydrogen) atoms. The lowest BCUT2D eigenvalue weighted by atomic mass is 10.0. The van der Waals surface area contributed by atoms with Gasteiger partial charge in [-0.25, -0.2) is 9.78 Å². The third-order valence-electron chi connectivity index (χ3n) is 4.68. The number of aromatic nitrogens is 2. The number of nitrogens with one attached hydrogen (secondary N) is 4. The molecule has 0 aliphatic carbocycles. The summed E-state index contributed by atoms with van der Waals surface area (Å²) in [5.74, 6) is -5.13. The fraction of sp³-hybridized carbons (Fsp3) is 0.333. The van der Waals surface area contributed by atoms with Crippen molar-refractivity contribution in [1.29, 1.82) is 0 Å². The lowest BCUT2D eigenvalue weighted by molar-refractivity contribution is -0.147. The van der Waals surface area contributed by atoms with Crippen LogP contribution in [0.15, 0.2) is 42.9 Å². The number of imidazole rings is 1. The SMILES string of the molecule is NC(Cc1cnc[nH]1)C(=O)NC(Cc1ccccc1)C(=O)NCC(=O)NC(CC(=O)O)C(=O)O. The minimum atomic E-state index is -1.65. The molecular formula is C21H26N6O7. The van der Waals surface area contributed by atoms with Crippen LogP contribution < -0.4 is 21.7 Å². The molecule has 1 heterocycles. The molecule has 1 aromatic carbocycles. The minimum Gasteiger partial charge on any atom is -0.481 e. The second-order valence-corrected chi connectivity index (χ2v) is 7.41. The van der Waals surface area contributed by atoms with Crippen LogP contribution in [0.3, 0.4) is 0 Å². The minimum absolute atomic E-state index is 0.105. The van der Waals surface area contributed by atoms with E-state index in [1.54, 1.807) is 30.3 Å². The molecule has 3 atom stereocenters. The summed E-state index contributed by atoms with van der Waals surface area (Å²) in [5, 5.41) is 24.7. The fourth-order valence-corrected chi connectivity index (χ4v) is 2.97. The van der Waals surface area contributed by atoms with Gasteiger partial charge < -0.3 is 36.9 Å². The number of carboxylic acid groups (broad SMARTS) is 2. The monoisotopic (exact) mass is 474 g/mol. The molecule has 3 unspecified atom stereocenters. The highest BCUT2D eigenvalue weighted by Gasteiger charge is 2.26. The van der Waals surface area contributed by atoms with Crippen LogP contribution in [-0.4, -0.2) is 74.5 Å². The van der Waals surface area contributed by atoms with Gasteiger partial charge in [-0.2, -0.15) is 0 Å². The molecule has 2 rings (SSSR count). The first-order valence-corrected chi connectivity index (χ1v) is 10.2. The van der Waals surface area contributed by atoms with Crippen molar-refractivity contribution in [3.63, 3.8) is 0 Å². The summed E-state index contributed by atoms with van der Waals surface area (Å²) >= 11 is 0. The number of carboxylic acids is 2. The molecule has 8 N–H and O–H groups in total. The number of H-pyrrole nitrogens is 1. The highest BCUT2D eigenvalue weighted by atomic mass is 16.4. The Morgan fingerprint density at radius 3 is 2.26 bits per heavy atom. The van der Waals surface area contributed by atoms with Gasteiger partial charge >= 0.3 is 11.9 Å². The van der Waals surface area contributed by atoms with Gasteiger partial charge in [0.15, 0.2) is 0 Å². The van der Waals surface area contributed by atoms with Gasteiger partial charge in [-0.15, -0.1) is 0 Å². The van der Waals surface area contributed by atoms with Crippen LogP contribution in [0.2, 0.25) is 0 Å². The lowest BCUT2D eigenvalue weighted by Crippen LogP contribution is -2.54. The van der Waals surface area contributed by atoms with Gasteiger partial charge in [0.05, 0.1) is 25.3 Å². The maximum atomic E-state index is 12.8. The number of amides is 3. The molecule has 0 saturated carbocycles.